The Hall–Kier alpha value is -3.32. The summed E-state index contributed by atoms with van der Waals surface area (Å²) in [4.78, 5) is 20.5. The van der Waals surface area contributed by atoms with E-state index in [9.17, 15) is 4.79 Å². The average Bonchev–Trinajstić information content (AvgIpc) is 2.73. The smallest absolute Gasteiger partial charge is 0.274 e. The lowest BCUT2D eigenvalue weighted by Gasteiger charge is -2.10. The van der Waals surface area contributed by atoms with Crippen LogP contribution in [0.15, 0.2) is 60.9 Å². The van der Waals surface area contributed by atoms with Gasteiger partial charge in [0.2, 0.25) is 0 Å². The number of nitrogens with zero attached hydrogens (tertiary/aromatic N) is 2. The van der Waals surface area contributed by atoms with Crippen molar-refractivity contribution < 1.29 is 14.3 Å². The van der Waals surface area contributed by atoms with Gasteiger partial charge in [-0.1, -0.05) is 23.7 Å². The molecule has 1 aromatic heterocycles. The third-order valence-electron chi connectivity index (χ3n) is 3.76. The number of carbonyl (C=O) groups is 1. The van der Waals surface area contributed by atoms with Gasteiger partial charge in [0.05, 0.1) is 24.4 Å². The molecule has 0 aliphatic carbocycles. The SMILES string of the molecule is COc1ccc(OCCNc2cc(C(=O)Nc3ccccc3Cl)ncn2)cc1. The number of para-hydroxylation sites is 1. The van der Waals surface area contributed by atoms with Crippen LogP contribution < -0.4 is 20.1 Å². The van der Waals surface area contributed by atoms with E-state index in [1.807, 2.05) is 24.3 Å². The van der Waals surface area contributed by atoms with E-state index in [1.54, 1.807) is 37.4 Å². The number of amides is 1. The van der Waals surface area contributed by atoms with Crippen molar-refractivity contribution >= 4 is 29.0 Å². The van der Waals surface area contributed by atoms with Crippen LogP contribution in [0.25, 0.3) is 0 Å². The van der Waals surface area contributed by atoms with Crippen molar-refractivity contribution in [1.29, 1.82) is 0 Å². The Labute approximate surface area is 167 Å². The number of hydrogen-bond donors (Lipinski definition) is 2. The monoisotopic (exact) mass is 398 g/mol. The molecule has 144 valence electrons. The number of benzene rings is 2. The third-order valence-corrected chi connectivity index (χ3v) is 4.09. The van der Waals surface area contributed by atoms with Crippen LogP contribution in [0.4, 0.5) is 11.5 Å². The molecule has 0 atom stereocenters. The maximum absolute atomic E-state index is 12.4. The second-order valence-electron chi connectivity index (χ2n) is 5.67. The van der Waals surface area contributed by atoms with E-state index >= 15 is 0 Å². The van der Waals surface area contributed by atoms with Crippen LogP contribution in [0, 0.1) is 0 Å². The fraction of sp³-hybridized carbons (Fsp3) is 0.150. The van der Waals surface area contributed by atoms with E-state index in [4.69, 9.17) is 21.1 Å². The molecule has 2 aromatic carbocycles. The molecule has 1 amide bonds. The summed E-state index contributed by atoms with van der Waals surface area (Å²) in [5.41, 5.74) is 0.753. The molecule has 0 saturated carbocycles. The van der Waals surface area contributed by atoms with E-state index in [0.29, 0.717) is 29.7 Å². The molecule has 7 nitrogen and oxygen atoms in total. The number of anilines is 2. The summed E-state index contributed by atoms with van der Waals surface area (Å²) in [6.45, 7) is 0.937. The molecule has 0 saturated heterocycles. The topological polar surface area (TPSA) is 85.4 Å². The molecule has 0 fully saturated rings. The van der Waals surface area contributed by atoms with Crippen LogP contribution in [-0.2, 0) is 0 Å². The Bertz CT molecular complexity index is 935. The van der Waals surface area contributed by atoms with E-state index in [2.05, 4.69) is 20.6 Å². The second-order valence-corrected chi connectivity index (χ2v) is 6.08. The maximum Gasteiger partial charge on any atom is 0.274 e. The molecule has 0 radical (unpaired) electrons. The lowest BCUT2D eigenvalue weighted by atomic mass is 10.3. The Morgan fingerprint density at radius 1 is 1.07 bits per heavy atom. The Morgan fingerprint density at radius 2 is 1.82 bits per heavy atom. The predicted octanol–water partition coefficient (Wildman–Crippen LogP) is 3.88. The summed E-state index contributed by atoms with van der Waals surface area (Å²) in [5.74, 6) is 1.67. The van der Waals surface area contributed by atoms with Gasteiger partial charge in [0, 0.05) is 6.07 Å². The first-order chi connectivity index (χ1) is 13.7. The quantitative estimate of drug-likeness (QED) is 0.560. The second kappa shape index (κ2) is 9.57. The van der Waals surface area contributed by atoms with Crippen molar-refractivity contribution in [3.8, 4) is 11.5 Å². The largest absolute Gasteiger partial charge is 0.497 e. The number of methoxy groups -OCH3 is 1. The van der Waals surface area contributed by atoms with Crippen LogP contribution in [-0.4, -0.2) is 36.1 Å². The molecule has 0 aliphatic heterocycles. The predicted molar refractivity (Wildman–Crippen MR) is 108 cm³/mol. The van der Waals surface area contributed by atoms with Gasteiger partial charge in [-0.05, 0) is 36.4 Å². The van der Waals surface area contributed by atoms with Crippen molar-refractivity contribution in [3.05, 3.63) is 71.6 Å². The number of nitrogens with one attached hydrogen (secondary N) is 2. The molecule has 8 heteroatoms. The first-order valence-electron chi connectivity index (χ1n) is 8.54. The summed E-state index contributed by atoms with van der Waals surface area (Å²) in [5, 5.41) is 6.29. The van der Waals surface area contributed by atoms with E-state index in [-0.39, 0.29) is 11.6 Å². The summed E-state index contributed by atoms with van der Waals surface area (Å²) in [7, 11) is 1.62. The first kappa shape index (κ1) is 19.4. The van der Waals surface area contributed by atoms with Crippen molar-refractivity contribution in [3.63, 3.8) is 0 Å². The number of ether oxygens (including phenoxy) is 2. The van der Waals surface area contributed by atoms with Gasteiger partial charge in [0.1, 0.15) is 35.9 Å². The van der Waals surface area contributed by atoms with Gasteiger partial charge >= 0.3 is 0 Å². The summed E-state index contributed by atoms with van der Waals surface area (Å²) in [6.07, 6.45) is 1.33. The molecule has 1 heterocycles. The van der Waals surface area contributed by atoms with Crippen molar-refractivity contribution in [1.82, 2.24) is 9.97 Å². The minimum absolute atomic E-state index is 0.230. The van der Waals surface area contributed by atoms with Crippen LogP contribution in [0.2, 0.25) is 5.02 Å². The molecular formula is C20H19ClN4O3. The Balaban J connectivity index is 1.51. The van der Waals surface area contributed by atoms with Crippen LogP contribution in [0.5, 0.6) is 11.5 Å². The zero-order valence-electron chi connectivity index (χ0n) is 15.2. The van der Waals surface area contributed by atoms with Crippen molar-refractivity contribution in [2.75, 3.05) is 30.9 Å². The molecular weight excluding hydrogens is 380 g/mol. The van der Waals surface area contributed by atoms with Gasteiger partial charge in [-0.3, -0.25) is 4.79 Å². The molecule has 2 N–H and O–H groups in total. The maximum atomic E-state index is 12.4. The van der Waals surface area contributed by atoms with Gasteiger partial charge < -0.3 is 20.1 Å². The first-order valence-corrected chi connectivity index (χ1v) is 8.92. The average molecular weight is 399 g/mol. The van der Waals surface area contributed by atoms with Crippen LogP contribution in [0.3, 0.4) is 0 Å². The highest BCUT2D eigenvalue weighted by atomic mass is 35.5. The molecule has 3 aromatic rings. The van der Waals surface area contributed by atoms with E-state index < -0.39 is 0 Å². The highest BCUT2D eigenvalue weighted by Gasteiger charge is 2.10. The van der Waals surface area contributed by atoms with E-state index in [0.717, 1.165) is 11.5 Å². The number of halogens is 1. The van der Waals surface area contributed by atoms with Crippen LogP contribution in [0.1, 0.15) is 10.5 Å². The molecule has 3 rings (SSSR count). The molecule has 0 unspecified atom stereocenters. The summed E-state index contributed by atoms with van der Waals surface area (Å²) in [6, 6.07) is 15.9. The number of hydrogen-bond acceptors (Lipinski definition) is 6. The minimum atomic E-state index is -0.368. The highest BCUT2D eigenvalue weighted by Crippen LogP contribution is 2.21. The number of carbonyl (C=O) groups excluding carboxylic acids is 1. The molecule has 0 spiro atoms. The molecule has 0 aliphatic rings. The molecule has 0 bridgehead atoms. The third kappa shape index (κ3) is 5.34. The van der Waals surface area contributed by atoms with Gasteiger partial charge in [-0.25, -0.2) is 9.97 Å². The molecule has 28 heavy (non-hydrogen) atoms. The lowest BCUT2D eigenvalue weighted by molar-refractivity contribution is 0.102. The fourth-order valence-corrected chi connectivity index (χ4v) is 2.53. The zero-order valence-corrected chi connectivity index (χ0v) is 15.9. The Morgan fingerprint density at radius 3 is 2.57 bits per heavy atom. The summed E-state index contributed by atoms with van der Waals surface area (Å²) >= 11 is 6.06. The minimum Gasteiger partial charge on any atom is -0.497 e. The van der Waals surface area contributed by atoms with Gasteiger partial charge in [-0.15, -0.1) is 0 Å². The normalized spacial score (nSPS) is 10.2. The van der Waals surface area contributed by atoms with Gasteiger partial charge in [0.15, 0.2) is 0 Å². The summed E-state index contributed by atoms with van der Waals surface area (Å²) < 4.78 is 10.7. The number of rotatable bonds is 8. The number of aromatic nitrogens is 2. The van der Waals surface area contributed by atoms with E-state index in [1.165, 1.54) is 6.33 Å². The van der Waals surface area contributed by atoms with Crippen LogP contribution >= 0.6 is 11.6 Å². The van der Waals surface area contributed by atoms with Crippen molar-refractivity contribution in [2.24, 2.45) is 0 Å². The fourth-order valence-electron chi connectivity index (χ4n) is 2.35. The Kier molecular flexibility index (Phi) is 6.64. The highest BCUT2D eigenvalue weighted by molar-refractivity contribution is 6.33. The zero-order chi connectivity index (χ0) is 19.8. The lowest BCUT2D eigenvalue weighted by Crippen LogP contribution is -2.16. The van der Waals surface area contributed by atoms with Gasteiger partial charge in [0.25, 0.3) is 5.91 Å². The van der Waals surface area contributed by atoms with Gasteiger partial charge in [-0.2, -0.15) is 0 Å². The van der Waals surface area contributed by atoms with Crippen molar-refractivity contribution in [2.45, 2.75) is 0 Å². The standard InChI is InChI=1S/C20H19ClN4O3/c1-27-14-6-8-15(9-7-14)28-11-10-22-19-12-18(23-13-24-19)20(26)25-17-5-3-2-4-16(17)21/h2-9,12-13H,10-11H2,1H3,(H,25,26)(H,22,23,24).